The lowest BCUT2D eigenvalue weighted by Crippen LogP contribution is -2.07. The minimum absolute atomic E-state index is 0.214. The molecule has 0 spiro atoms. The van der Waals surface area contributed by atoms with E-state index in [1.807, 2.05) is 6.92 Å². The Morgan fingerprint density at radius 1 is 1.10 bits per heavy atom. The maximum absolute atomic E-state index is 12.5. The molecule has 1 aromatic carbocycles. The van der Waals surface area contributed by atoms with Crippen LogP contribution in [0.4, 0.5) is 13.2 Å². The first-order valence-electron chi connectivity index (χ1n) is 6.13. The molecule has 0 aliphatic carbocycles. The van der Waals surface area contributed by atoms with Gasteiger partial charge in [-0.15, -0.1) is 10.2 Å². The van der Waals surface area contributed by atoms with E-state index in [4.69, 9.17) is 5.11 Å². The molecule has 2 rings (SSSR count). The largest absolute Gasteiger partial charge is 0.416 e. The number of alkyl halides is 3. The molecule has 20 heavy (non-hydrogen) atoms. The van der Waals surface area contributed by atoms with Crippen molar-refractivity contribution in [1.29, 1.82) is 0 Å². The number of aromatic nitrogens is 3. The number of hydrogen-bond acceptors (Lipinski definition) is 3. The summed E-state index contributed by atoms with van der Waals surface area (Å²) in [5.41, 5.74) is 0.0406. The second kappa shape index (κ2) is 5.62. The van der Waals surface area contributed by atoms with Gasteiger partial charge in [0.1, 0.15) is 12.4 Å². The van der Waals surface area contributed by atoms with E-state index in [-0.39, 0.29) is 6.61 Å². The van der Waals surface area contributed by atoms with Gasteiger partial charge in [0.15, 0.2) is 5.82 Å². The van der Waals surface area contributed by atoms with Gasteiger partial charge in [-0.05, 0) is 24.6 Å². The maximum Gasteiger partial charge on any atom is 0.416 e. The van der Waals surface area contributed by atoms with Crippen LogP contribution in [0.5, 0.6) is 0 Å². The third-order valence-electron chi connectivity index (χ3n) is 3.01. The van der Waals surface area contributed by atoms with Gasteiger partial charge in [0.2, 0.25) is 0 Å². The number of halogens is 3. The highest BCUT2D eigenvalue weighted by Gasteiger charge is 2.29. The smallest absolute Gasteiger partial charge is 0.388 e. The van der Waals surface area contributed by atoms with E-state index in [9.17, 15) is 13.2 Å². The standard InChI is InChI=1S/C13H14F3N3O/c1-2-19-11(17-18-12(19)8-20)7-9-3-5-10(6-4-9)13(14,15)16/h3-6,20H,2,7-8H2,1H3. The highest BCUT2D eigenvalue weighted by atomic mass is 19.4. The summed E-state index contributed by atoms with van der Waals surface area (Å²) in [4.78, 5) is 0. The molecule has 2 aromatic rings. The summed E-state index contributed by atoms with van der Waals surface area (Å²) >= 11 is 0. The summed E-state index contributed by atoms with van der Waals surface area (Å²) < 4.78 is 39.1. The Morgan fingerprint density at radius 2 is 1.70 bits per heavy atom. The summed E-state index contributed by atoms with van der Waals surface area (Å²) in [5.74, 6) is 1.07. The second-order valence-corrected chi connectivity index (χ2v) is 4.31. The van der Waals surface area contributed by atoms with Crippen LogP contribution in [0.2, 0.25) is 0 Å². The van der Waals surface area contributed by atoms with Gasteiger partial charge in [0.25, 0.3) is 0 Å². The van der Waals surface area contributed by atoms with Gasteiger partial charge in [-0.25, -0.2) is 0 Å². The van der Waals surface area contributed by atoms with Crippen molar-refractivity contribution in [3.05, 3.63) is 47.0 Å². The van der Waals surface area contributed by atoms with Crippen molar-refractivity contribution in [3.8, 4) is 0 Å². The van der Waals surface area contributed by atoms with Crippen molar-refractivity contribution in [3.63, 3.8) is 0 Å². The Labute approximate surface area is 113 Å². The van der Waals surface area contributed by atoms with Crippen LogP contribution in [0.15, 0.2) is 24.3 Å². The van der Waals surface area contributed by atoms with E-state index in [0.717, 1.165) is 12.1 Å². The van der Waals surface area contributed by atoms with Crippen molar-refractivity contribution in [1.82, 2.24) is 14.8 Å². The van der Waals surface area contributed by atoms with Crippen LogP contribution in [0.25, 0.3) is 0 Å². The molecule has 1 heterocycles. The van der Waals surface area contributed by atoms with Crippen molar-refractivity contribution in [2.24, 2.45) is 0 Å². The monoisotopic (exact) mass is 285 g/mol. The minimum atomic E-state index is -4.33. The van der Waals surface area contributed by atoms with Crippen LogP contribution < -0.4 is 0 Å². The molecule has 0 amide bonds. The zero-order chi connectivity index (χ0) is 14.8. The summed E-state index contributed by atoms with van der Waals surface area (Å²) in [6, 6.07) is 4.95. The Kier molecular flexibility index (Phi) is 4.08. The van der Waals surface area contributed by atoms with Gasteiger partial charge in [-0.3, -0.25) is 0 Å². The van der Waals surface area contributed by atoms with E-state index in [0.29, 0.717) is 30.2 Å². The molecule has 0 saturated carbocycles. The molecule has 0 aliphatic rings. The Morgan fingerprint density at radius 3 is 2.20 bits per heavy atom. The van der Waals surface area contributed by atoms with Gasteiger partial charge >= 0.3 is 6.18 Å². The number of nitrogens with zero attached hydrogens (tertiary/aromatic N) is 3. The number of hydrogen-bond donors (Lipinski definition) is 1. The first-order chi connectivity index (χ1) is 9.45. The topological polar surface area (TPSA) is 50.9 Å². The summed E-state index contributed by atoms with van der Waals surface area (Å²) in [6.45, 7) is 2.27. The van der Waals surface area contributed by atoms with Crippen LogP contribution in [0.1, 0.15) is 29.7 Å². The highest BCUT2D eigenvalue weighted by molar-refractivity contribution is 5.26. The molecule has 0 atom stereocenters. The number of aliphatic hydroxyl groups excluding tert-OH is 1. The van der Waals surface area contributed by atoms with Crippen LogP contribution in [0.3, 0.4) is 0 Å². The lowest BCUT2D eigenvalue weighted by atomic mass is 10.1. The number of benzene rings is 1. The van der Waals surface area contributed by atoms with Crippen molar-refractivity contribution < 1.29 is 18.3 Å². The molecule has 4 nitrogen and oxygen atoms in total. The SMILES string of the molecule is CCn1c(CO)nnc1Cc1ccc(C(F)(F)F)cc1. The fourth-order valence-electron chi connectivity index (χ4n) is 1.98. The first kappa shape index (κ1) is 14.5. The fourth-order valence-corrected chi connectivity index (χ4v) is 1.98. The predicted octanol–water partition coefficient (Wildman–Crippen LogP) is 2.40. The molecule has 1 N–H and O–H groups in total. The Bertz CT molecular complexity index is 576. The maximum atomic E-state index is 12.5. The quantitative estimate of drug-likeness (QED) is 0.938. The van der Waals surface area contributed by atoms with E-state index in [1.165, 1.54) is 12.1 Å². The van der Waals surface area contributed by atoms with Gasteiger partial charge in [-0.2, -0.15) is 13.2 Å². The molecular weight excluding hydrogens is 271 g/mol. The van der Waals surface area contributed by atoms with E-state index >= 15 is 0 Å². The van der Waals surface area contributed by atoms with Gasteiger partial charge in [0, 0.05) is 13.0 Å². The van der Waals surface area contributed by atoms with Crippen LogP contribution in [0, 0.1) is 0 Å². The second-order valence-electron chi connectivity index (χ2n) is 4.31. The molecule has 1 aromatic heterocycles. The van der Waals surface area contributed by atoms with E-state index < -0.39 is 11.7 Å². The highest BCUT2D eigenvalue weighted by Crippen LogP contribution is 2.29. The average Bonchev–Trinajstić information content (AvgIpc) is 2.80. The van der Waals surface area contributed by atoms with Gasteiger partial charge in [0.05, 0.1) is 5.56 Å². The fraction of sp³-hybridized carbons (Fsp3) is 0.385. The minimum Gasteiger partial charge on any atom is -0.388 e. The summed E-state index contributed by atoms with van der Waals surface area (Å²) in [5, 5.41) is 16.9. The van der Waals surface area contributed by atoms with Gasteiger partial charge in [-0.1, -0.05) is 12.1 Å². The van der Waals surface area contributed by atoms with Crippen molar-refractivity contribution in [2.45, 2.75) is 32.7 Å². The Balaban J connectivity index is 2.20. The molecule has 108 valence electrons. The molecule has 0 radical (unpaired) electrons. The predicted molar refractivity (Wildman–Crippen MR) is 65.9 cm³/mol. The molecule has 0 aliphatic heterocycles. The van der Waals surface area contributed by atoms with Crippen molar-refractivity contribution >= 4 is 0 Å². The van der Waals surface area contributed by atoms with Crippen LogP contribution in [-0.2, 0) is 25.7 Å². The van der Waals surface area contributed by atoms with Crippen LogP contribution >= 0.6 is 0 Å². The third-order valence-corrected chi connectivity index (χ3v) is 3.01. The zero-order valence-corrected chi connectivity index (χ0v) is 10.9. The molecular formula is C13H14F3N3O. The Hall–Kier alpha value is -1.89. The van der Waals surface area contributed by atoms with Crippen LogP contribution in [-0.4, -0.2) is 19.9 Å². The summed E-state index contributed by atoms with van der Waals surface area (Å²) in [7, 11) is 0. The molecule has 0 saturated heterocycles. The normalized spacial score (nSPS) is 11.8. The lowest BCUT2D eigenvalue weighted by molar-refractivity contribution is -0.137. The zero-order valence-electron chi connectivity index (χ0n) is 10.9. The molecule has 0 fully saturated rings. The first-order valence-corrected chi connectivity index (χ1v) is 6.13. The average molecular weight is 285 g/mol. The van der Waals surface area contributed by atoms with E-state index in [2.05, 4.69) is 10.2 Å². The van der Waals surface area contributed by atoms with E-state index in [1.54, 1.807) is 4.57 Å². The van der Waals surface area contributed by atoms with Crippen molar-refractivity contribution in [2.75, 3.05) is 0 Å². The summed E-state index contributed by atoms with van der Waals surface area (Å²) in [6.07, 6.45) is -3.95. The van der Waals surface area contributed by atoms with Gasteiger partial charge < -0.3 is 9.67 Å². The lowest BCUT2D eigenvalue weighted by Gasteiger charge is -2.08. The molecule has 0 bridgehead atoms. The molecule has 7 heteroatoms. The third kappa shape index (κ3) is 2.98. The molecule has 0 unspecified atom stereocenters. The number of rotatable bonds is 4. The number of aliphatic hydroxyl groups is 1.